The molecule has 0 aliphatic heterocycles. The number of alkyl halides is 6. The third-order valence-electron chi connectivity index (χ3n) is 2.73. The van der Waals surface area contributed by atoms with Crippen molar-refractivity contribution >= 4 is 0 Å². The average Bonchev–Trinajstić information content (AvgIpc) is 2.56. The van der Waals surface area contributed by atoms with Crippen LogP contribution in [0, 0.1) is 11.8 Å². The van der Waals surface area contributed by atoms with E-state index in [0.717, 1.165) is 0 Å². The minimum atomic E-state index is -4.88. The topological polar surface area (TPSA) is 0 Å². The SMILES string of the molecule is FC(F)(F)C1=C(C(F)(F)F)C2C=CC1C2. The Balaban J connectivity index is 2.50. The Hall–Kier alpha value is -0.940. The van der Waals surface area contributed by atoms with Crippen LogP contribution >= 0.6 is 0 Å². The summed E-state index contributed by atoms with van der Waals surface area (Å²) < 4.78 is 74.4. The second kappa shape index (κ2) is 2.80. The minimum Gasteiger partial charge on any atom is -0.166 e. The van der Waals surface area contributed by atoms with Gasteiger partial charge in [-0.2, -0.15) is 26.3 Å². The highest BCUT2D eigenvalue weighted by Gasteiger charge is 2.55. The van der Waals surface area contributed by atoms with Gasteiger partial charge in [0.25, 0.3) is 0 Å². The third kappa shape index (κ3) is 1.55. The lowest BCUT2D eigenvalue weighted by Crippen LogP contribution is -2.25. The van der Waals surface area contributed by atoms with Crippen molar-refractivity contribution in [3.63, 3.8) is 0 Å². The van der Waals surface area contributed by atoms with Gasteiger partial charge in [0.2, 0.25) is 0 Å². The molecule has 2 unspecified atom stereocenters. The van der Waals surface area contributed by atoms with Crippen LogP contribution < -0.4 is 0 Å². The number of fused-ring (bicyclic) bond motifs is 2. The van der Waals surface area contributed by atoms with E-state index in [-0.39, 0.29) is 6.42 Å². The summed E-state index contributed by atoms with van der Waals surface area (Å²) in [6.07, 6.45) is -7.43. The lowest BCUT2D eigenvalue weighted by Gasteiger charge is -2.20. The summed E-state index contributed by atoms with van der Waals surface area (Å²) >= 11 is 0. The molecule has 0 N–H and O–H groups in total. The van der Waals surface area contributed by atoms with Gasteiger partial charge in [-0.25, -0.2) is 0 Å². The first-order chi connectivity index (χ1) is 6.71. The van der Waals surface area contributed by atoms with E-state index in [9.17, 15) is 26.3 Å². The molecule has 0 aromatic rings. The highest BCUT2D eigenvalue weighted by molar-refractivity contribution is 5.42. The van der Waals surface area contributed by atoms with Crippen LogP contribution in [0.25, 0.3) is 0 Å². The fourth-order valence-electron chi connectivity index (χ4n) is 2.25. The molecule has 15 heavy (non-hydrogen) atoms. The molecule has 0 saturated carbocycles. The zero-order valence-electron chi connectivity index (χ0n) is 7.28. The number of hydrogen-bond donors (Lipinski definition) is 0. The van der Waals surface area contributed by atoms with Gasteiger partial charge < -0.3 is 0 Å². The molecule has 0 nitrogen and oxygen atoms in total. The van der Waals surface area contributed by atoms with E-state index in [1.54, 1.807) is 0 Å². The van der Waals surface area contributed by atoms with E-state index >= 15 is 0 Å². The summed E-state index contributed by atoms with van der Waals surface area (Å²) in [6.45, 7) is 0. The Morgan fingerprint density at radius 2 is 1.13 bits per heavy atom. The number of rotatable bonds is 0. The molecule has 0 radical (unpaired) electrons. The van der Waals surface area contributed by atoms with Crippen LogP contribution in [0.5, 0.6) is 0 Å². The zero-order chi connectivity index (χ0) is 11.4. The Morgan fingerprint density at radius 3 is 1.40 bits per heavy atom. The van der Waals surface area contributed by atoms with Crippen LogP contribution in [0.2, 0.25) is 0 Å². The van der Waals surface area contributed by atoms with Crippen molar-refractivity contribution in [3.05, 3.63) is 23.3 Å². The monoisotopic (exact) mass is 228 g/mol. The maximum atomic E-state index is 12.4. The number of halogens is 6. The molecule has 0 heterocycles. The van der Waals surface area contributed by atoms with E-state index < -0.39 is 35.3 Å². The van der Waals surface area contributed by atoms with Gasteiger partial charge in [0.05, 0.1) is 0 Å². The number of hydrogen-bond acceptors (Lipinski definition) is 0. The van der Waals surface area contributed by atoms with Crippen molar-refractivity contribution in [1.29, 1.82) is 0 Å². The van der Waals surface area contributed by atoms with E-state index in [1.807, 2.05) is 0 Å². The average molecular weight is 228 g/mol. The van der Waals surface area contributed by atoms with E-state index in [4.69, 9.17) is 0 Å². The van der Waals surface area contributed by atoms with E-state index in [1.165, 1.54) is 12.2 Å². The number of allylic oxidation sites excluding steroid dienone is 4. The summed E-state index contributed by atoms with van der Waals surface area (Å²) in [5.41, 5.74) is -2.80. The second-order valence-electron chi connectivity index (χ2n) is 3.66. The van der Waals surface area contributed by atoms with Gasteiger partial charge in [-0.1, -0.05) is 12.2 Å². The third-order valence-corrected chi connectivity index (χ3v) is 2.73. The Bertz CT molecular complexity index is 311. The molecule has 0 aromatic heterocycles. The van der Waals surface area contributed by atoms with E-state index in [0.29, 0.717) is 0 Å². The summed E-state index contributed by atoms with van der Waals surface area (Å²) in [5.74, 6) is -2.21. The predicted molar refractivity (Wildman–Crippen MR) is 39.9 cm³/mol. The van der Waals surface area contributed by atoms with Gasteiger partial charge in [-0.05, 0) is 6.42 Å². The fourth-order valence-corrected chi connectivity index (χ4v) is 2.25. The van der Waals surface area contributed by atoms with Crippen LogP contribution in [-0.4, -0.2) is 12.4 Å². The van der Waals surface area contributed by atoms with Gasteiger partial charge in [0, 0.05) is 23.0 Å². The van der Waals surface area contributed by atoms with Gasteiger partial charge in [0.1, 0.15) is 0 Å². The lowest BCUT2D eigenvalue weighted by molar-refractivity contribution is -0.118. The Kier molecular flexibility index (Phi) is 1.97. The molecule has 84 valence electrons. The molecule has 0 fully saturated rings. The van der Waals surface area contributed by atoms with Crippen molar-refractivity contribution < 1.29 is 26.3 Å². The predicted octanol–water partition coefficient (Wildman–Crippen LogP) is 3.61. The molecule has 0 spiro atoms. The van der Waals surface area contributed by atoms with Crippen LogP contribution in [-0.2, 0) is 0 Å². The molecule has 0 amide bonds. The van der Waals surface area contributed by atoms with Crippen LogP contribution in [0.4, 0.5) is 26.3 Å². The highest BCUT2D eigenvalue weighted by atomic mass is 19.4. The fraction of sp³-hybridized carbons (Fsp3) is 0.556. The lowest BCUT2D eigenvalue weighted by atomic mass is 9.96. The smallest absolute Gasteiger partial charge is 0.166 e. The minimum absolute atomic E-state index is 0.0936. The maximum Gasteiger partial charge on any atom is 0.413 e. The molecule has 2 bridgehead atoms. The van der Waals surface area contributed by atoms with Crippen molar-refractivity contribution in [2.45, 2.75) is 18.8 Å². The van der Waals surface area contributed by atoms with E-state index in [2.05, 4.69) is 0 Å². The second-order valence-corrected chi connectivity index (χ2v) is 3.66. The molecule has 2 rings (SSSR count). The summed E-state index contributed by atoms with van der Waals surface area (Å²) in [4.78, 5) is 0. The van der Waals surface area contributed by atoms with Crippen LogP contribution in [0.1, 0.15) is 6.42 Å². The van der Waals surface area contributed by atoms with Crippen molar-refractivity contribution in [3.8, 4) is 0 Å². The van der Waals surface area contributed by atoms with Gasteiger partial charge in [0.15, 0.2) is 0 Å². The van der Waals surface area contributed by atoms with Crippen LogP contribution in [0.15, 0.2) is 23.3 Å². The molecule has 2 aliphatic carbocycles. The molecule has 0 saturated heterocycles. The summed E-state index contributed by atoms with van der Waals surface area (Å²) in [5, 5.41) is 0. The first-order valence-electron chi connectivity index (χ1n) is 4.28. The standard InChI is InChI=1S/C9H6F6/c10-8(11,12)6-4-1-2-5(3-4)7(6)9(13,14)15/h1-2,4-5H,3H2. The largest absolute Gasteiger partial charge is 0.413 e. The molecule has 0 aromatic carbocycles. The highest BCUT2D eigenvalue weighted by Crippen LogP contribution is 2.54. The van der Waals surface area contributed by atoms with Crippen molar-refractivity contribution in [1.82, 2.24) is 0 Å². The van der Waals surface area contributed by atoms with Gasteiger partial charge in [-0.3, -0.25) is 0 Å². The quantitative estimate of drug-likeness (QED) is 0.439. The molecule has 6 heteroatoms. The summed E-state index contributed by atoms with van der Waals surface area (Å²) in [7, 11) is 0. The first kappa shape index (κ1) is 10.6. The molecular formula is C9H6F6. The van der Waals surface area contributed by atoms with Gasteiger partial charge >= 0.3 is 12.4 Å². The zero-order valence-corrected chi connectivity index (χ0v) is 7.28. The summed E-state index contributed by atoms with van der Waals surface area (Å²) in [6, 6.07) is 0. The first-order valence-corrected chi connectivity index (χ1v) is 4.28. The Labute approximate surface area is 81.3 Å². The Morgan fingerprint density at radius 1 is 0.800 bits per heavy atom. The van der Waals surface area contributed by atoms with Crippen LogP contribution in [0.3, 0.4) is 0 Å². The van der Waals surface area contributed by atoms with Crippen molar-refractivity contribution in [2.24, 2.45) is 11.8 Å². The van der Waals surface area contributed by atoms with Crippen molar-refractivity contribution in [2.75, 3.05) is 0 Å². The maximum absolute atomic E-state index is 12.4. The molecule has 2 aliphatic rings. The normalized spacial score (nSPS) is 30.5. The van der Waals surface area contributed by atoms with Gasteiger partial charge in [-0.15, -0.1) is 0 Å². The molecular weight excluding hydrogens is 222 g/mol. The molecule has 2 atom stereocenters.